The standard InChI is InChI=1S/C22H32N4O3/c1-16(2)29-13-5-10-24-22(28)19-8-11-26(12-9-19)17(3)21(27)25-20-7-4-6-18(14-20)15-23/h4,6-7,14,16-17,19H,5,8-13H2,1-3H3,(H,24,28)(H,25,27). The fraction of sp³-hybridized carbons (Fsp3) is 0.591. The number of piperidine rings is 1. The molecule has 0 radical (unpaired) electrons. The third-order valence-corrected chi connectivity index (χ3v) is 5.16. The summed E-state index contributed by atoms with van der Waals surface area (Å²) in [6.07, 6.45) is 2.52. The van der Waals surface area contributed by atoms with Gasteiger partial charge in [-0.25, -0.2) is 0 Å². The van der Waals surface area contributed by atoms with E-state index in [0.29, 0.717) is 37.5 Å². The summed E-state index contributed by atoms with van der Waals surface area (Å²) in [5, 5.41) is 14.8. The Morgan fingerprint density at radius 1 is 1.28 bits per heavy atom. The predicted molar refractivity (Wildman–Crippen MR) is 112 cm³/mol. The molecule has 0 saturated carbocycles. The molecule has 1 atom stereocenters. The van der Waals surface area contributed by atoms with Crippen LogP contribution >= 0.6 is 0 Å². The fourth-order valence-corrected chi connectivity index (χ4v) is 3.38. The second-order valence-electron chi connectivity index (χ2n) is 7.73. The molecule has 1 fully saturated rings. The molecule has 1 aliphatic rings. The topological polar surface area (TPSA) is 94.5 Å². The molecular formula is C22H32N4O3. The van der Waals surface area contributed by atoms with E-state index in [9.17, 15) is 9.59 Å². The van der Waals surface area contributed by atoms with Crippen LogP contribution in [0.4, 0.5) is 5.69 Å². The molecule has 1 saturated heterocycles. The van der Waals surface area contributed by atoms with E-state index in [-0.39, 0.29) is 29.9 Å². The van der Waals surface area contributed by atoms with Crippen LogP contribution in [0.15, 0.2) is 24.3 Å². The fourth-order valence-electron chi connectivity index (χ4n) is 3.38. The molecule has 7 heteroatoms. The molecule has 1 aromatic carbocycles. The van der Waals surface area contributed by atoms with Crippen molar-refractivity contribution in [3.63, 3.8) is 0 Å². The van der Waals surface area contributed by atoms with Crippen LogP contribution in [0, 0.1) is 17.2 Å². The van der Waals surface area contributed by atoms with Crippen molar-refractivity contribution in [2.45, 2.75) is 52.2 Å². The van der Waals surface area contributed by atoms with Gasteiger partial charge in [-0.3, -0.25) is 14.5 Å². The van der Waals surface area contributed by atoms with Gasteiger partial charge in [0.15, 0.2) is 0 Å². The molecule has 0 bridgehead atoms. The maximum Gasteiger partial charge on any atom is 0.241 e. The van der Waals surface area contributed by atoms with Gasteiger partial charge in [0.05, 0.1) is 23.8 Å². The number of nitrogens with zero attached hydrogens (tertiary/aromatic N) is 2. The lowest BCUT2D eigenvalue weighted by atomic mass is 9.95. The van der Waals surface area contributed by atoms with Gasteiger partial charge >= 0.3 is 0 Å². The number of carbonyl (C=O) groups is 2. The number of hydrogen-bond acceptors (Lipinski definition) is 5. The average molecular weight is 401 g/mol. The number of hydrogen-bond donors (Lipinski definition) is 2. The van der Waals surface area contributed by atoms with Gasteiger partial charge in [0.2, 0.25) is 11.8 Å². The smallest absolute Gasteiger partial charge is 0.241 e. The van der Waals surface area contributed by atoms with Gasteiger partial charge in [-0.1, -0.05) is 6.07 Å². The number of ether oxygens (including phenoxy) is 1. The summed E-state index contributed by atoms with van der Waals surface area (Å²) in [5.74, 6) is -0.00685. The van der Waals surface area contributed by atoms with Gasteiger partial charge in [-0.05, 0) is 71.3 Å². The Kier molecular flexibility index (Phi) is 9.10. The second-order valence-corrected chi connectivity index (χ2v) is 7.73. The number of likely N-dealkylation sites (tertiary alicyclic amines) is 1. The lowest BCUT2D eigenvalue weighted by Crippen LogP contribution is -2.48. The number of benzene rings is 1. The number of anilines is 1. The molecule has 0 aliphatic carbocycles. The van der Waals surface area contributed by atoms with Crippen molar-refractivity contribution in [1.82, 2.24) is 10.2 Å². The minimum atomic E-state index is -0.294. The van der Waals surface area contributed by atoms with E-state index in [1.54, 1.807) is 24.3 Å². The van der Waals surface area contributed by atoms with Gasteiger partial charge in [-0.2, -0.15) is 5.26 Å². The van der Waals surface area contributed by atoms with Gasteiger partial charge in [0.25, 0.3) is 0 Å². The molecule has 0 aromatic heterocycles. The van der Waals surface area contributed by atoms with Crippen LogP contribution in [0.5, 0.6) is 0 Å². The molecule has 1 aromatic rings. The SMILES string of the molecule is CC(C)OCCCNC(=O)C1CCN(C(C)C(=O)Nc2cccc(C#N)c2)CC1. The van der Waals surface area contributed by atoms with Gasteiger partial charge in [0, 0.05) is 24.8 Å². The molecule has 2 N–H and O–H groups in total. The van der Waals surface area contributed by atoms with Crippen molar-refractivity contribution >= 4 is 17.5 Å². The number of rotatable bonds is 9. The van der Waals surface area contributed by atoms with E-state index >= 15 is 0 Å². The Morgan fingerprint density at radius 2 is 2.00 bits per heavy atom. The molecule has 2 amide bonds. The summed E-state index contributed by atoms with van der Waals surface area (Å²) in [5.41, 5.74) is 1.13. The summed E-state index contributed by atoms with van der Waals surface area (Å²) < 4.78 is 5.48. The summed E-state index contributed by atoms with van der Waals surface area (Å²) >= 11 is 0. The minimum Gasteiger partial charge on any atom is -0.379 e. The monoisotopic (exact) mass is 400 g/mol. The van der Waals surface area contributed by atoms with Crippen LogP contribution in [-0.4, -0.2) is 55.1 Å². The zero-order valence-electron chi connectivity index (χ0n) is 17.6. The molecule has 1 heterocycles. The third-order valence-electron chi connectivity index (χ3n) is 5.16. The first-order valence-corrected chi connectivity index (χ1v) is 10.3. The van der Waals surface area contributed by atoms with Crippen LogP contribution in [0.3, 0.4) is 0 Å². The molecular weight excluding hydrogens is 368 g/mol. The predicted octanol–water partition coefficient (Wildman–Crippen LogP) is 2.53. The Hall–Kier alpha value is -2.43. The van der Waals surface area contributed by atoms with E-state index < -0.39 is 0 Å². The maximum absolute atomic E-state index is 12.6. The van der Waals surface area contributed by atoms with E-state index in [0.717, 1.165) is 19.3 Å². The molecule has 1 aliphatic heterocycles. The molecule has 2 rings (SSSR count). The van der Waals surface area contributed by atoms with Crippen molar-refractivity contribution in [3.8, 4) is 6.07 Å². The quantitative estimate of drug-likeness (QED) is 0.621. The Balaban J connectivity index is 1.72. The van der Waals surface area contributed by atoms with Gasteiger partial charge in [-0.15, -0.1) is 0 Å². The molecule has 0 spiro atoms. The highest BCUT2D eigenvalue weighted by atomic mass is 16.5. The van der Waals surface area contributed by atoms with Crippen LogP contribution in [0.1, 0.15) is 45.6 Å². The zero-order valence-corrected chi connectivity index (χ0v) is 17.6. The average Bonchev–Trinajstić information content (AvgIpc) is 2.72. The Morgan fingerprint density at radius 3 is 2.66 bits per heavy atom. The summed E-state index contributed by atoms with van der Waals surface area (Å²) in [4.78, 5) is 27.0. The minimum absolute atomic E-state index is 0.000150. The van der Waals surface area contributed by atoms with Crippen molar-refractivity contribution in [3.05, 3.63) is 29.8 Å². The lowest BCUT2D eigenvalue weighted by Gasteiger charge is -2.34. The van der Waals surface area contributed by atoms with Crippen molar-refractivity contribution < 1.29 is 14.3 Å². The zero-order chi connectivity index (χ0) is 21.2. The second kappa shape index (κ2) is 11.5. The first-order valence-electron chi connectivity index (χ1n) is 10.3. The summed E-state index contributed by atoms with van der Waals surface area (Å²) in [7, 11) is 0. The first-order chi connectivity index (χ1) is 13.9. The summed E-state index contributed by atoms with van der Waals surface area (Å²) in [6, 6.07) is 8.66. The number of nitriles is 1. The van der Waals surface area contributed by atoms with Crippen LogP contribution in [0.25, 0.3) is 0 Å². The maximum atomic E-state index is 12.6. The van der Waals surface area contributed by atoms with Crippen molar-refractivity contribution in [2.24, 2.45) is 5.92 Å². The van der Waals surface area contributed by atoms with E-state index in [2.05, 4.69) is 21.6 Å². The van der Waals surface area contributed by atoms with E-state index in [1.165, 1.54) is 0 Å². The molecule has 29 heavy (non-hydrogen) atoms. The van der Waals surface area contributed by atoms with Crippen molar-refractivity contribution in [1.29, 1.82) is 5.26 Å². The van der Waals surface area contributed by atoms with E-state index in [1.807, 2.05) is 20.8 Å². The van der Waals surface area contributed by atoms with Crippen LogP contribution < -0.4 is 10.6 Å². The number of carbonyl (C=O) groups excluding carboxylic acids is 2. The molecule has 7 nitrogen and oxygen atoms in total. The van der Waals surface area contributed by atoms with Crippen LogP contribution in [0.2, 0.25) is 0 Å². The summed E-state index contributed by atoms with van der Waals surface area (Å²) in [6.45, 7) is 8.57. The molecule has 158 valence electrons. The normalized spacial score (nSPS) is 16.2. The first kappa shape index (κ1) is 22.9. The van der Waals surface area contributed by atoms with E-state index in [4.69, 9.17) is 10.00 Å². The van der Waals surface area contributed by atoms with Crippen LogP contribution in [-0.2, 0) is 14.3 Å². The molecule has 1 unspecified atom stereocenters. The Labute approximate surface area is 173 Å². The lowest BCUT2D eigenvalue weighted by molar-refractivity contribution is -0.127. The highest BCUT2D eigenvalue weighted by Gasteiger charge is 2.29. The number of nitrogens with one attached hydrogen (secondary N) is 2. The van der Waals surface area contributed by atoms with Gasteiger partial charge in [0.1, 0.15) is 0 Å². The van der Waals surface area contributed by atoms with Crippen molar-refractivity contribution in [2.75, 3.05) is 31.6 Å². The highest BCUT2D eigenvalue weighted by Crippen LogP contribution is 2.20. The third kappa shape index (κ3) is 7.48. The highest BCUT2D eigenvalue weighted by molar-refractivity contribution is 5.94. The Bertz CT molecular complexity index is 721. The largest absolute Gasteiger partial charge is 0.379 e. The number of amides is 2. The van der Waals surface area contributed by atoms with Gasteiger partial charge < -0.3 is 15.4 Å².